The van der Waals surface area contributed by atoms with E-state index in [-0.39, 0.29) is 23.7 Å². The Kier molecular flexibility index (Phi) is 6.84. The van der Waals surface area contributed by atoms with Gasteiger partial charge in [0.2, 0.25) is 11.8 Å². The van der Waals surface area contributed by atoms with Gasteiger partial charge >= 0.3 is 0 Å². The lowest BCUT2D eigenvalue weighted by Gasteiger charge is -2.17. The van der Waals surface area contributed by atoms with Gasteiger partial charge in [-0.05, 0) is 37.3 Å². The van der Waals surface area contributed by atoms with Crippen molar-refractivity contribution in [3.8, 4) is 0 Å². The number of nitrogen functional groups attached to an aromatic ring is 1. The summed E-state index contributed by atoms with van der Waals surface area (Å²) in [5.74, 6) is -0.0966. The van der Waals surface area contributed by atoms with E-state index in [0.717, 1.165) is 12.1 Å². The lowest BCUT2D eigenvalue weighted by molar-refractivity contribution is -0.129. The molecule has 0 radical (unpaired) electrons. The molecule has 1 aliphatic rings. The quantitative estimate of drug-likeness (QED) is 0.353. The van der Waals surface area contributed by atoms with E-state index in [1.54, 1.807) is 19.1 Å². The van der Waals surface area contributed by atoms with E-state index in [1.165, 1.54) is 11.1 Å². The number of benzene rings is 2. The maximum atomic E-state index is 12.6. The number of rotatable bonds is 7. The van der Waals surface area contributed by atoms with Gasteiger partial charge in [-0.15, -0.1) is 0 Å². The topological polar surface area (TPSA) is 120 Å². The highest BCUT2D eigenvalue weighted by Crippen LogP contribution is 2.26. The first-order valence-corrected chi connectivity index (χ1v) is 10.1. The predicted molar refractivity (Wildman–Crippen MR) is 117 cm³/mol. The van der Waals surface area contributed by atoms with E-state index < -0.39 is 6.04 Å². The molecular formula is C23H29N5O2. The second-order valence-corrected chi connectivity index (χ2v) is 7.87. The van der Waals surface area contributed by atoms with Gasteiger partial charge in [-0.3, -0.25) is 15.0 Å². The first-order chi connectivity index (χ1) is 14.3. The molecule has 2 aromatic carbocycles. The van der Waals surface area contributed by atoms with E-state index in [2.05, 4.69) is 41.1 Å². The van der Waals surface area contributed by atoms with Crippen molar-refractivity contribution in [1.29, 1.82) is 5.41 Å². The Hall–Kier alpha value is -3.19. The molecule has 3 atom stereocenters. The van der Waals surface area contributed by atoms with Crippen LogP contribution in [-0.4, -0.2) is 36.3 Å². The number of amidine groups is 1. The highest BCUT2D eigenvalue weighted by atomic mass is 16.2. The van der Waals surface area contributed by atoms with Crippen LogP contribution in [0.5, 0.6) is 0 Å². The molecule has 1 saturated heterocycles. The summed E-state index contributed by atoms with van der Waals surface area (Å²) in [5, 5.41) is 16.3. The Morgan fingerprint density at radius 3 is 2.63 bits per heavy atom. The minimum atomic E-state index is -0.631. The molecule has 1 heterocycles. The fourth-order valence-corrected chi connectivity index (χ4v) is 3.64. The van der Waals surface area contributed by atoms with Crippen molar-refractivity contribution in [2.75, 3.05) is 6.54 Å². The van der Waals surface area contributed by atoms with Gasteiger partial charge in [0.15, 0.2) is 0 Å². The van der Waals surface area contributed by atoms with Crippen molar-refractivity contribution in [2.24, 2.45) is 5.73 Å². The third-order valence-corrected chi connectivity index (χ3v) is 5.44. The van der Waals surface area contributed by atoms with Crippen LogP contribution in [0.4, 0.5) is 0 Å². The van der Waals surface area contributed by atoms with E-state index >= 15 is 0 Å². The molecular weight excluding hydrogens is 378 g/mol. The zero-order valence-corrected chi connectivity index (χ0v) is 17.4. The SMILES string of the molecule is Cc1cccc([C@@H]2CN[C@@H](C(=O)NC(C)C(=O)NCc3ccc(C(=N)N)cc3)C2)c1. The molecule has 158 valence electrons. The standard InChI is InChI=1S/C23H29N5O2/c1-14-4-3-5-18(10-14)19-11-20(26-13-19)23(30)28-15(2)22(29)27-12-16-6-8-17(9-7-16)21(24)25/h3-10,15,19-20,26H,11-13H2,1-2H3,(H3,24,25)(H,27,29)(H,28,30)/t15?,19-,20+/m0/s1. The summed E-state index contributed by atoms with van der Waals surface area (Å²) in [6.45, 7) is 4.83. The summed E-state index contributed by atoms with van der Waals surface area (Å²) in [4.78, 5) is 25.0. The molecule has 3 rings (SSSR count). The number of nitrogens with one attached hydrogen (secondary N) is 4. The molecule has 7 nitrogen and oxygen atoms in total. The van der Waals surface area contributed by atoms with Crippen LogP contribution in [0.15, 0.2) is 48.5 Å². The number of aryl methyl sites for hydroxylation is 1. The lowest BCUT2D eigenvalue weighted by Crippen LogP contribution is -2.49. The summed E-state index contributed by atoms with van der Waals surface area (Å²) < 4.78 is 0. The number of carbonyl (C=O) groups excluding carboxylic acids is 2. The Morgan fingerprint density at radius 1 is 1.23 bits per heavy atom. The normalized spacial score (nSPS) is 19.1. The fourth-order valence-electron chi connectivity index (χ4n) is 3.64. The fraction of sp³-hybridized carbons (Fsp3) is 0.348. The van der Waals surface area contributed by atoms with E-state index in [1.807, 2.05) is 18.2 Å². The van der Waals surface area contributed by atoms with Gasteiger partial charge in [-0.2, -0.15) is 0 Å². The van der Waals surface area contributed by atoms with Gasteiger partial charge in [-0.1, -0.05) is 54.1 Å². The molecule has 0 aliphatic carbocycles. The number of carbonyl (C=O) groups is 2. The molecule has 0 saturated carbocycles. The van der Waals surface area contributed by atoms with Crippen LogP contribution in [-0.2, 0) is 16.1 Å². The van der Waals surface area contributed by atoms with Crippen molar-refractivity contribution < 1.29 is 9.59 Å². The molecule has 1 fully saturated rings. The number of nitrogens with two attached hydrogens (primary N) is 1. The minimum Gasteiger partial charge on any atom is -0.384 e. The first kappa shape index (κ1) is 21.5. The van der Waals surface area contributed by atoms with Crippen LogP contribution in [0.2, 0.25) is 0 Å². The molecule has 6 N–H and O–H groups in total. The molecule has 7 heteroatoms. The lowest BCUT2D eigenvalue weighted by atomic mass is 9.95. The van der Waals surface area contributed by atoms with Crippen molar-refractivity contribution in [3.05, 3.63) is 70.8 Å². The number of hydrogen-bond donors (Lipinski definition) is 5. The van der Waals surface area contributed by atoms with Gasteiger partial charge in [-0.25, -0.2) is 0 Å². The molecule has 30 heavy (non-hydrogen) atoms. The largest absolute Gasteiger partial charge is 0.384 e. The Bertz CT molecular complexity index is 925. The molecule has 0 aromatic heterocycles. The zero-order chi connectivity index (χ0) is 21.7. The maximum absolute atomic E-state index is 12.6. The van der Waals surface area contributed by atoms with Crippen LogP contribution in [0.25, 0.3) is 0 Å². The molecule has 1 aliphatic heterocycles. The summed E-state index contributed by atoms with van der Waals surface area (Å²) in [6.07, 6.45) is 0.714. The highest BCUT2D eigenvalue weighted by molar-refractivity contribution is 5.95. The second kappa shape index (κ2) is 9.54. The molecule has 0 spiro atoms. The summed E-state index contributed by atoms with van der Waals surface area (Å²) in [6, 6.07) is 14.5. The van der Waals surface area contributed by atoms with E-state index in [4.69, 9.17) is 11.1 Å². The monoisotopic (exact) mass is 407 g/mol. The van der Waals surface area contributed by atoms with E-state index in [0.29, 0.717) is 24.4 Å². The van der Waals surface area contributed by atoms with Crippen molar-refractivity contribution in [3.63, 3.8) is 0 Å². The second-order valence-electron chi connectivity index (χ2n) is 7.87. The van der Waals surface area contributed by atoms with E-state index in [9.17, 15) is 9.59 Å². The summed E-state index contributed by atoms with van der Waals surface area (Å²) in [5.41, 5.74) is 9.42. The third kappa shape index (κ3) is 5.45. The number of amides is 2. The maximum Gasteiger partial charge on any atom is 0.242 e. The van der Waals surface area contributed by atoms with Crippen LogP contribution < -0.4 is 21.7 Å². The van der Waals surface area contributed by atoms with Crippen molar-refractivity contribution in [2.45, 2.75) is 44.8 Å². The highest BCUT2D eigenvalue weighted by Gasteiger charge is 2.31. The Labute approximate surface area is 176 Å². The van der Waals surface area contributed by atoms with Gasteiger partial charge < -0.3 is 21.7 Å². The Balaban J connectivity index is 1.46. The molecule has 2 aromatic rings. The molecule has 1 unspecified atom stereocenters. The van der Waals surface area contributed by atoms with Crippen molar-refractivity contribution in [1.82, 2.24) is 16.0 Å². The minimum absolute atomic E-state index is 0.00656. The average molecular weight is 408 g/mol. The number of hydrogen-bond acceptors (Lipinski definition) is 4. The van der Waals surface area contributed by atoms with Gasteiger partial charge in [0.25, 0.3) is 0 Å². The molecule has 2 amide bonds. The zero-order valence-electron chi connectivity index (χ0n) is 17.4. The third-order valence-electron chi connectivity index (χ3n) is 5.44. The van der Waals surface area contributed by atoms with Gasteiger partial charge in [0, 0.05) is 18.7 Å². The van der Waals surface area contributed by atoms with Gasteiger partial charge in [0.05, 0.1) is 6.04 Å². The van der Waals surface area contributed by atoms with Crippen LogP contribution in [0.1, 0.15) is 41.5 Å². The predicted octanol–water partition coefficient (Wildman–Crippen LogP) is 1.55. The molecule has 0 bridgehead atoms. The first-order valence-electron chi connectivity index (χ1n) is 10.1. The van der Waals surface area contributed by atoms with Gasteiger partial charge in [0.1, 0.15) is 11.9 Å². The van der Waals surface area contributed by atoms with Crippen LogP contribution in [0.3, 0.4) is 0 Å². The van der Waals surface area contributed by atoms with Crippen LogP contribution in [0, 0.1) is 12.3 Å². The smallest absolute Gasteiger partial charge is 0.242 e. The Morgan fingerprint density at radius 2 is 1.97 bits per heavy atom. The average Bonchev–Trinajstić information content (AvgIpc) is 3.22. The van der Waals surface area contributed by atoms with Crippen molar-refractivity contribution >= 4 is 17.6 Å². The summed E-state index contributed by atoms with van der Waals surface area (Å²) >= 11 is 0. The summed E-state index contributed by atoms with van der Waals surface area (Å²) in [7, 11) is 0. The van der Waals surface area contributed by atoms with Crippen LogP contribution >= 0.6 is 0 Å².